The third kappa shape index (κ3) is 4.07. The molecule has 0 aromatic heterocycles. The summed E-state index contributed by atoms with van der Waals surface area (Å²) in [5.74, 6) is -4.72. The molecular formula is C17H15BrClF2IN2O2. The summed E-state index contributed by atoms with van der Waals surface area (Å²) < 4.78 is 36.4. The van der Waals surface area contributed by atoms with Crippen LogP contribution in [0.15, 0.2) is 40.2 Å². The van der Waals surface area contributed by atoms with Gasteiger partial charge in [-0.1, -0.05) is 11.6 Å². The zero-order valence-corrected chi connectivity index (χ0v) is 17.9. The molecule has 9 heteroatoms. The van der Waals surface area contributed by atoms with Crippen molar-refractivity contribution in [1.82, 2.24) is 0 Å². The number of hydrogen-bond acceptors (Lipinski definition) is 3. The van der Waals surface area contributed by atoms with Gasteiger partial charge in [-0.2, -0.15) is 0 Å². The minimum absolute atomic E-state index is 0.0504. The maximum Gasteiger partial charge on any atom is 0.287 e. The van der Waals surface area contributed by atoms with Crippen molar-refractivity contribution in [3.05, 3.63) is 48.8 Å². The number of carbonyl (C=O) groups excluding carboxylic acids is 1. The molecule has 3 N–H and O–H groups in total. The van der Waals surface area contributed by atoms with Crippen molar-refractivity contribution < 1.29 is 18.3 Å². The number of ether oxygens (including phenoxy) is 1. The van der Waals surface area contributed by atoms with Gasteiger partial charge in [0.05, 0.1) is 21.8 Å². The van der Waals surface area contributed by atoms with Crippen LogP contribution in [-0.2, 0) is 9.53 Å². The standard InChI is InChI=1S/C17H15BrClF2IN2O2/c18-11-6-10(16(23)25)15(24-13-4-3-9(22)5-12(13)19)17(21,14(11)20)26-7-8-1-2-8/h3-6,8,15,24H,1-2,7H2,(H2,23,25). The summed E-state index contributed by atoms with van der Waals surface area (Å²) in [5.41, 5.74) is 5.59. The van der Waals surface area contributed by atoms with Crippen molar-refractivity contribution in [2.45, 2.75) is 24.7 Å². The topological polar surface area (TPSA) is 64.4 Å². The number of hydrogen-bond donors (Lipinski definition) is 2. The van der Waals surface area contributed by atoms with E-state index < -0.39 is 23.6 Å². The average Bonchev–Trinajstić information content (AvgIpc) is 3.39. The van der Waals surface area contributed by atoms with Crippen LogP contribution < -0.4 is 11.1 Å². The first-order chi connectivity index (χ1) is 12.2. The lowest BCUT2D eigenvalue weighted by Crippen LogP contribution is -2.52. The second-order valence-corrected chi connectivity index (χ2v) is 8.73. The molecule has 0 bridgehead atoms. The molecule has 1 amide bonds. The van der Waals surface area contributed by atoms with E-state index in [1.165, 1.54) is 0 Å². The Balaban J connectivity index is 1.99. The lowest BCUT2D eigenvalue weighted by Gasteiger charge is -2.37. The molecule has 2 unspecified atom stereocenters. The highest BCUT2D eigenvalue weighted by molar-refractivity contribution is 14.1. The van der Waals surface area contributed by atoms with Crippen molar-refractivity contribution in [3.63, 3.8) is 0 Å². The first kappa shape index (κ1) is 20.0. The zero-order valence-electron chi connectivity index (χ0n) is 13.4. The summed E-state index contributed by atoms with van der Waals surface area (Å²) >= 11 is 11.2. The van der Waals surface area contributed by atoms with Gasteiger partial charge in [-0.3, -0.25) is 4.79 Å². The fourth-order valence-corrected chi connectivity index (χ4v) is 4.02. The number of halogens is 5. The molecule has 4 nitrogen and oxygen atoms in total. The second kappa shape index (κ2) is 7.73. The minimum Gasteiger partial charge on any atom is -0.371 e. The van der Waals surface area contributed by atoms with Gasteiger partial charge in [-0.05, 0) is 81.6 Å². The Labute approximate surface area is 176 Å². The summed E-state index contributed by atoms with van der Waals surface area (Å²) in [7, 11) is 0. The van der Waals surface area contributed by atoms with Gasteiger partial charge >= 0.3 is 0 Å². The summed E-state index contributed by atoms with van der Waals surface area (Å²) in [4.78, 5) is 11.9. The summed E-state index contributed by atoms with van der Waals surface area (Å²) in [6.45, 7) is 0.0504. The number of rotatable bonds is 6. The van der Waals surface area contributed by atoms with E-state index in [-0.39, 0.29) is 22.6 Å². The van der Waals surface area contributed by atoms with Crippen molar-refractivity contribution in [2.75, 3.05) is 11.9 Å². The predicted octanol–water partition coefficient (Wildman–Crippen LogP) is 4.82. The van der Waals surface area contributed by atoms with Crippen LogP contribution in [0.3, 0.4) is 0 Å². The molecule has 0 spiro atoms. The maximum atomic E-state index is 15.7. The summed E-state index contributed by atoms with van der Waals surface area (Å²) in [5, 5.41) is 3.10. The van der Waals surface area contributed by atoms with E-state index in [1.807, 2.05) is 0 Å². The Morgan fingerprint density at radius 2 is 2.19 bits per heavy atom. The minimum atomic E-state index is -2.88. The molecular weight excluding hydrogens is 544 g/mol. The quantitative estimate of drug-likeness (QED) is 0.492. The Bertz CT molecular complexity index is 816. The number of alkyl halides is 1. The normalized spacial score (nSPS) is 25.9. The highest BCUT2D eigenvalue weighted by Gasteiger charge is 2.52. The van der Waals surface area contributed by atoms with Crippen molar-refractivity contribution in [1.29, 1.82) is 0 Å². The molecule has 2 aliphatic carbocycles. The van der Waals surface area contributed by atoms with E-state index in [9.17, 15) is 9.18 Å². The molecule has 1 aromatic rings. The van der Waals surface area contributed by atoms with Crippen LogP contribution in [-0.4, -0.2) is 24.4 Å². The molecule has 2 aliphatic rings. The fourth-order valence-electron chi connectivity index (χ4n) is 2.59. The van der Waals surface area contributed by atoms with Gasteiger partial charge in [-0.25, -0.2) is 8.78 Å². The largest absolute Gasteiger partial charge is 0.371 e. The Morgan fingerprint density at radius 3 is 2.77 bits per heavy atom. The third-order valence-corrected chi connectivity index (χ3v) is 5.78. The number of carbonyl (C=O) groups is 1. The van der Waals surface area contributed by atoms with Crippen molar-refractivity contribution >= 4 is 61.7 Å². The average molecular weight is 560 g/mol. The summed E-state index contributed by atoms with van der Waals surface area (Å²) in [6, 6.07) is 3.55. The van der Waals surface area contributed by atoms with Gasteiger partial charge < -0.3 is 15.8 Å². The Morgan fingerprint density at radius 1 is 1.50 bits per heavy atom. The van der Waals surface area contributed by atoms with E-state index in [0.717, 1.165) is 22.5 Å². The molecule has 0 saturated heterocycles. The van der Waals surface area contributed by atoms with Gasteiger partial charge in [-0.15, -0.1) is 0 Å². The maximum absolute atomic E-state index is 15.7. The van der Waals surface area contributed by atoms with Crippen molar-refractivity contribution in [2.24, 2.45) is 11.7 Å². The van der Waals surface area contributed by atoms with Gasteiger partial charge in [0.25, 0.3) is 5.85 Å². The van der Waals surface area contributed by atoms with E-state index >= 15 is 4.39 Å². The molecule has 26 heavy (non-hydrogen) atoms. The number of nitrogens with two attached hydrogens (primary N) is 1. The number of amides is 1. The fraction of sp³-hybridized carbons (Fsp3) is 0.353. The third-order valence-electron chi connectivity index (χ3n) is 4.22. The van der Waals surface area contributed by atoms with Gasteiger partial charge in [0.1, 0.15) is 6.04 Å². The van der Waals surface area contributed by atoms with Crippen LogP contribution in [0.4, 0.5) is 14.5 Å². The number of allylic oxidation sites excluding steroid dienone is 2. The monoisotopic (exact) mass is 558 g/mol. The molecule has 2 atom stereocenters. The first-order valence-corrected chi connectivity index (χ1v) is 10.1. The number of anilines is 1. The molecule has 3 rings (SSSR count). The van der Waals surface area contributed by atoms with Crippen LogP contribution in [0.5, 0.6) is 0 Å². The molecule has 0 aliphatic heterocycles. The van der Waals surface area contributed by atoms with E-state index in [1.54, 1.807) is 18.2 Å². The lowest BCUT2D eigenvalue weighted by atomic mass is 9.92. The lowest BCUT2D eigenvalue weighted by molar-refractivity contribution is -0.141. The van der Waals surface area contributed by atoms with Crippen LogP contribution in [0.25, 0.3) is 0 Å². The summed E-state index contributed by atoms with van der Waals surface area (Å²) in [6.07, 6.45) is 2.97. The van der Waals surface area contributed by atoms with Crippen LogP contribution in [0, 0.1) is 9.49 Å². The molecule has 1 saturated carbocycles. The first-order valence-electron chi connectivity index (χ1n) is 7.84. The molecule has 1 aromatic carbocycles. The Hall–Kier alpha value is -0.710. The van der Waals surface area contributed by atoms with Crippen LogP contribution >= 0.6 is 50.1 Å². The van der Waals surface area contributed by atoms with E-state index in [4.69, 9.17) is 22.1 Å². The van der Waals surface area contributed by atoms with Gasteiger partial charge in [0.2, 0.25) is 5.91 Å². The molecule has 0 radical (unpaired) electrons. The number of primary amides is 1. The molecule has 1 fully saturated rings. The zero-order chi connectivity index (χ0) is 19.1. The highest BCUT2D eigenvalue weighted by Crippen LogP contribution is 2.44. The second-order valence-electron chi connectivity index (χ2n) is 6.23. The number of nitrogens with one attached hydrogen (secondary N) is 1. The van der Waals surface area contributed by atoms with Gasteiger partial charge in [0.15, 0.2) is 5.83 Å². The van der Waals surface area contributed by atoms with Gasteiger partial charge in [0, 0.05) is 9.14 Å². The van der Waals surface area contributed by atoms with Crippen LogP contribution in [0.2, 0.25) is 5.02 Å². The highest BCUT2D eigenvalue weighted by atomic mass is 127. The smallest absolute Gasteiger partial charge is 0.287 e. The van der Waals surface area contributed by atoms with Crippen molar-refractivity contribution in [3.8, 4) is 0 Å². The molecule has 140 valence electrons. The Kier molecular flexibility index (Phi) is 5.96. The molecule has 0 heterocycles. The van der Waals surface area contributed by atoms with E-state index in [2.05, 4.69) is 43.8 Å². The SMILES string of the molecule is NC(=O)C1=CC(Br)=C(F)C(F)(OCC2CC2)C1Nc1ccc(I)cc1Cl. The van der Waals surface area contributed by atoms with Crippen LogP contribution in [0.1, 0.15) is 12.8 Å². The van der Waals surface area contributed by atoms with E-state index in [0.29, 0.717) is 10.7 Å². The number of benzene rings is 1. The predicted molar refractivity (Wildman–Crippen MR) is 108 cm³/mol.